The van der Waals surface area contributed by atoms with Gasteiger partial charge in [0.15, 0.2) is 11.0 Å². The molecule has 10 heteroatoms. The Labute approximate surface area is 226 Å². The number of nitrogens with zero attached hydrogens (tertiary/aromatic N) is 4. The molecule has 0 bridgehead atoms. The first-order valence-corrected chi connectivity index (χ1v) is 12.8. The second-order valence-electron chi connectivity index (χ2n) is 9.75. The molecule has 3 aromatic rings. The van der Waals surface area contributed by atoms with Crippen LogP contribution in [0.1, 0.15) is 41.2 Å². The van der Waals surface area contributed by atoms with Crippen LogP contribution in [-0.4, -0.2) is 45.0 Å². The average molecular weight is 542 g/mol. The molecule has 2 atom stereocenters. The molecule has 2 aromatic carbocycles. The number of fused-ring (bicyclic) bond motifs is 1. The van der Waals surface area contributed by atoms with Gasteiger partial charge in [0.05, 0.1) is 12.2 Å². The van der Waals surface area contributed by atoms with Crippen LogP contribution in [0.2, 0.25) is 0 Å². The van der Waals surface area contributed by atoms with Crippen molar-refractivity contribution in [3.63, 3.8) is 0 Å². The van der Waals surface area contributed by atoms with Gasteiger partial charge in [-0.2, -0.15) is 0 Å². The number of aryl methyl sites for hydroxylation is 1. The van der Waals surface area contributed by atoms with E-state index in [1.165, 1.54) is 25.6 Å². The third-order valence-corrected chi connectivity index (χ3v) is 7.70. The Morgan fingerprint density at radius 2 is 1.78 bits per heavy atom. The molecule has 0 radical (unpaired) electrons. The summed E-state index contributed by atoms with van der Waals surface area (Å²) in [5.41, 5.74) is -0.313. The quantitative estimate of drug-likeness (QED) is 0.507. The van der Waals surface area contributed by atoms with Gasteiger partial charge in [0.25, 0.3) is 5.91 Å². The Morgan fingerprint density at radius 3 is 2.43 bits per heavy atom. The molecule has 3 heterocycles. The van der Waals surface area contributed by atoms with Crippen molar-refractivity contribution < 1.29 is 14.3 Å². The Balaban J connectivity index is 0.00000320. The fraction of sp³-hybridized carbons (Fsp3) is 0.333. The first-order valence-electron chi connectivity index (χ1n) is 11.8. The third kappa shape index (κ3) is 5.21. The Morgan fingerprint density at radius 1 is 1.14 bits per heavy atom. The lowest BCUT2D eigenvalue weighted by atomic mass is 9.82. The third-order valence-electron chi connectivity index (χ3n) is 6.67. The highest BCUT2D eigenvalue weighted by Gasteiger charge is 2.51. The van der Waals surface area contributed by atoms with Gasteiger partial charge in [-0.3, -0.25) is 4.79 Å². The number of anilines is 1. The smallest absolute Gasteiger partial charge is 0.257 e. The summed E-state index contributed by atoms with van der Waals surface area (Å²) >= 11 is 1.52. The van der Waals surface area contributed by atoms with Gasteiger partial charge in [0.2, 0.25) is 5.95 Å². The number of aliphatic hydroxyl groups is 1. The molecule has 1 aromatic heterocycles. The largest absolute Gasteiger partial charge is 0.384 e. The van der Waals surface area contributed by atoms with Crippen molar-refractivity contribution in [2.24, 2.45) is 10.9 Å². The number of aromatic nitrogens is 2. The van der Waals surface area contributed by atoms with E-state index in [0.29, 0.717) is 29.8 Å². The fourth-order valence-corrected chi connectivity index (χ4v) is 5.93. The van der Waals surface area contributed by atoms with Crippen molar-refractivity contribution in [1.82, 2.24) is 15.3 Å². The van der Waals surface area contributed by atoms with Crippen LogP contribution < -0.4 is 10.2 Å². The second kappa shape index (κ2) is 10.4. The number of thioether (sulfide) groups is 1. The SMILES string of the molecule is Cc1nc(N2C[C@H]3CSC(NC(=O)c4ccccc4)=NC3(c3ccccc3)C2)nc(C(C)(C)O)c1F.Cl. The molecular weight excluding hydrogens is 513 g/mol. The van der Waals surface area contributed by atoms with E-state index < -0.39 is 17.0 Å². The molecule has 0 saturated carbocycles. The molecule has 2 aliphatic rings. The van der Waals surface area contributed by atoms with E-state index in [1.54, 1.807) is 19.1 Å². The number of hydrogen-bond donors (Lipinski definition) is 2. The lowest BCUT2D eigenvalue weighted by molar-refractivity contribution is 0.0691. The van der Waals surface area contributed by atoms with Gasteiger partial charge in [0, 0.05) is 23.8 Å². The molecule has 194 valence electrons. The van der Waals surface area contributed by atoms with Crippen molar-refractivity contribution in [2.75, 3.05) is 23.7 Å². The maximum Gasteiger partial charge on any atom is 0.257 e. The highest BCUT2D eigenvalue weighted by Crippen LogP contribution is 2.46. The van der Waals surface area contributed by atoms with Crippen molar-refractivity contribution in [1.29, 1.82) is 0 Å². The summed E-state index contributed by atoms with van der Waals surface area (Å²) in [6.45, 7) is 5.68. The number of rotatable bonds is 4. The summed E-state index contributed by atoms with van der Waals surface area (Å²) in [4.78, 5) is 28.8. The lowest BCUT2D eigenvalue weighted by Gasteiger charge is -2.35. The minimum absolute atomic E-state index is 0. The monoisotopic (exact) mass is 541 g/mol. The van der Waals surface area contributed by atoms with E-state index >= 15 is 0 Å². The van der Waals surface area contributed by atoms with Crippen LogP contribution in [0, 0.1) is 18.7 Å². The number of amidine groups is 1. The van der Waals surface area contributed by atoms with Gasteiger partial charge in [-0.05, 0) is 38.5 Å². The first-order chi connectivity index (χ1) is 17.2. The van der Waals surface area contributed by atoms with Gasteiger partial charge < -0.3 is 15.3 Å². The number of halogens is 2. The molecule has 2 aliphatic heterocycles. The van der Waals surface area contributed by atoms with Crippen molar-refractivity contribution in [2.45, 2.75) is 31.9 Å². The highest BCUT2D eigenvalue weighted by atomic mass is 35.5. The average Bonchev–Trinajstić information content (AvgIpc) is 3.26. The molecule has 37 heavy (non-hydrogen) atoms. The van der Waals surface area contributed by atoms with Crippen LogP contribution in [0.25, 0.3) is 0 Å². The molecule has 1 amide bonds. The molecule has 1 saturated heterocycles. The summed E-state index contributed by atoms with van der Waals surface area (Å²) in [6, 6.07) is 19.1. The van der Waals surface area contributed by atoms with Crippen LogP contribution in [-0.2, 0) is 11.1 Å². The van der Waals surface area contributed by atoms with Gasteiger partial charge in [-0.1, -0.05) is 60.3 Å². The molecule has 7 nitrogen and oxygen atoms in total. The first kappa shape index (κ1) is 27.0. The van der Waals surface area contributed by atoms with Gasteiger partial charge >= 0.3 is 0 Å². The van der Waals surface area contributed by atoms with E-state index in [1.807, 2.05) is 53.4 Å². The molecule has 1 unspecified atom stereocenters. The Bertz CT molecular complexity index is 1320. The molecule has 0 spiro atoms. The van der Waals surface area contributed by atoms with Crippen molar-refractivity contribution in [3.05, 3.63) is 89.0 Å². The highest BCUT2D eigenvalue weighted by molar-refractivity contribution is 8.13. The lowest BCUT2D eigenvalue weighted by Crippen LogP contribution is -2.42. The van der Waals surface area contributed by atoms with Gasteiger partial charge in [-0.15, -0.1) is 12.4 Å². The van der Waals surface area contributed by atoms with E-state index in [4.69, 9.17) is 4.99 Å². The zero-order valence-electron chi connectivity index (χ0n) is 20.8. The minimum atomic E-state index is -1.45. The Hall–Kier alpha value is -3.01. The molecule has 0 aliphatic carbocycles. The number of benzene rings is 2. The van der Waals surface area contributed by atoms with Crippen LogP contribution in [0.4, 0.5) is 10.3 Å². The number of hydrogen-bond acceptors (Lipinski definition) is 7. The zero-order valence-corrected chi connectivity index (χ0v) is 22.4. The number of nitrogens with one attached hydrogen (secondary N) is 1. The maximum absolute atomic E-state index is 14.7. The van der Waals surface area contributed by atoms with Crippen LogP contribution in [0.5, 0.6) is 0 Å². The maximum atomic E-state index is 14.7. The number of amides is 1. The van der Waals surface area contributed by atoms with Crippen LogP contribution in [0.15, 0.2) is 65.7 Å². The summed E-state index contributed by atoms with van der Waals surface area (Å²) in [5.74, 6) is 0.413. The van der Waals surface area contributed by atoms with Gasteiger partial charge in [0.1, 0.15) is 16.8 Å². The number of aliphatic imine (C=N–C) groups is 1. The zero-order chi connectivity index (χ0) is 25.5. The van der Waals surface area contributed by atoms with E-state index in [9.17, 15) is 14.3 Å². The normalized spacial score (nSPS) is 21.1. The van der Waals surface area contributed by atoms with E-state index in [0.717, 1.165) is 11.3 Å². The predicted molar refractivity (Wildman–Crippen MR) is 147 cm³/mol. The van der Waals surface area contributed by atoms with E-state index in [-0.39, 0.29) is 35.6 Å². The minimum Gasteiger partial charge on any atom is -0.384 e. The number of carbonyl (C=O) groups is 1. The molecule has 1 fully saturated rings. The predicted octanol–water partition coefficient (Wildman–Crippen LogP) is 4.44. The Kier molecular flexibility index (Phi) is 7.60. The van der Waals surface area contributed by atoms with Crippen molar-refractivity contribution >= 4 is 41.2 Å². The molecular formula is C27H29ClFN5O2S. The number of carbonyl (C=O) groups excluding carboxylic acids is 1. The fourth-order valence-electron chi connectivity index (χ4n) is 4.80. The van der Waals surface area contributed by atoms with Crippen LogP contribution in [0.3, 0.4) is 0 Å². The summed E-state index contributed by atoms with van der Waals surface area (Å²) in [5, 5.41) is 14.0. The molecule has 5 rings (SSSR count). The van der Waals surface area contributed by atoms with Gasteiger partial charge in [-0.25, -0.2) is 19.4 Å². The summed E-state index contributed by atoms with van der Waals surface area (Å²) in [7, 11) is 0. The van der Waals surface area contributed by atoms with Crippen molar-refractivity contribution in [3.8, 4) is 0 Å². The summed E-state index contributed by atoms with van der Waals surface area (Å²) in [6.07, 6.45) is 0. The van der Waals surface area contributed by atoms with E-state index in [2.05, 4.69) is 15.3 Å². The molecule has 2 N–H and O–H groups in total. The second-order valence-corrected chi connectivity index (χ2v) is 10.8. The standard InChI is InChI=1S/C27H28FN5O2S.ClH/c1-17-21(28)22(26(2,3)35)30-24(29-17)33-14-20-15-36-25(31-23(34)18-10-6-4-7-11-18)32-27(20,16-33)19-12-8-5-9-13-19;/h4-13,20,35H,14-16H2,1-3H3,(H,31,32,34);1H/t20-,27?;/m0./s1. The summed E-state index contributed by atoms with van der Waals surface area (Å²) < 4.78 is 14.7. The topological polar surface area (TPSA) is 90.7 Å². The van der Waals surface area contributed by atoms with Crippen LogP contribution >= 0.6 is 24.2 Å².